The first-order chi connectivity index (χ1) is 5.15. The van der Waals surface area contributed by atoms with Gasteiger partial charge in [-0.2, -0.15) is 0 Å². The molecule has 1 aromatic heterocycles. The van der Waals surface area contributed by atoms with E-state index in [9.17, 15) is 4.79 Å². The highest BCUT2D eigenvalue weighted by Gasteiger charge is 2.08. The number of anilines is 1. The summed E-state index contributed by atoms with van der Waals surface area (Å²) in [5.74, 6) is -0.398. The van der Waals surface area contributed by atoms with Gasteiger partial charge in [0.15, 0.2) is 0 Å². The van der Waals surface area contributed by atoms with Crippen LogP contribution in [0.1, 0.15) is 16.2 Å². The van der Waals surface area contributed by atoms with E-state index in [1.807, 2.05) is 0 Å². The zero-order valence-corrected chi connectivity index (χ0v) is 6.47. The number of carbonyl (C=O) groups excluding carboxylic acids is 1. The van der Waals surface area contributed by atoms with E-state index in [0.717, 1.165) is 5.69 Å². The van der Waals surface area contributed by atoms with Crippen molar-refractivity contribution in [3.8, 4) is 0 Å². The second kappa shape index (κ2) is 2.65. The number of ether oxygens (including phenoxy) is 1. The molecular weight excluding hydrogens is 144 g/mol. The number of hydrogen-bond acceptors (Lipinski definition) is 3. The molecule has 3 N–H and O–H groups in total. The molecular formula is C7H10N2O2. The lowest BCUT2D eigenvalue weighted by Crippen LogP contribution is -2.00. The third kappa shape index (κ3) is 1.34. The van der Waals surface area contributed by atoms with Crippen LogP contribution in [-0.4, -0.2) is 18.1 Å². The number of nitrogens with one attached hydrogen (secondary N) is 1. The Labute approximate surface area is 64.4 Å². The van der Waals surface area contributed by atoms with Gasteiger partial charge in [0.1, 0.15) is 5.69 Å². The maximum atomic E-state index is 10.9. The quantitative estimate of drug-likeness (QED) is 0.585. The van der Waals surface area contributed by atoms with Crippen molar-refractivity contribution in [1.29, 1.82) is 0 Å². The number of H-pyrrole nitrogens is 1. The summed E-state index contributed by atoms with van der Waals surface area (Å²) in [4.78, 5) is 13.7. The molecule has 0 saturated carbocycles. The van der Waals surface area contributed by atoms with Gasteiger partial charge in [-0.3, -0.25) is 0 Å². The molecule has 60 valence electrons. The summed E-state index contributed by atoms with van der Waals surface area (Å²) in [5.41, 5.74) is 7.24. The molecule has 0 radical (unpaired) electrons. The van der Waals surface area contributed by atoms with Crippen LogP contribution in [0.2, 0.25) is 0 Å². The second-order valence-electron chi connectivity index (χ2n) is 2.25. The minimum Gasteiger partial charge on any atom is -0.464 e. The first-order valence-corrected chi connectivity index (χ1v) is 3.18. The normalized spacial score (nSPS) is 9.64. The van der Waals surface area contributed by atoms with Crippen molar-refractivity contribution in [3.63, 3.8) is 0 Å². The molecule has 0 aliphatic heterocycles. The Balaban J connectivity index is 2.97. The Bertz CT molecular complexity index is 258. The predicted molar refractivity (Wildman–Crippen MR) is 41.3 cm³/mol. The molecule has 0 saturated heterocycles. The number of nitrogens with two attached hydrogens (primary N) is 1. The van der Waals surface area contributed by atoms with Crippen LogP contribution in [0.5, 0.6) is 0 Å². The largest absolute Gasteiger partial charge is 0.464 e. The topological polar surface area (TPSA) is 68.1 Å². The van der Waals surface area contributed by atoms with Gasteiger partial charge in [0, 0.05) is 5.69 Å². The van der Waals surface area contributed by atoms with Gasteiger partial charge in [0.05, 0.1) is 12.8 Å². The highest BCUT2D eigenvalue weighted by Crippen LogP contribution is 2.11. The molecule has 11 heavy (non-hydrogen) atoms. The fourth-order valence-electron chi connectivity index (χ4n) is 0.794. The average Bonchev–Trinajstić information content (AvgIpc) is 2.31. The van der Waals surface area contributed by atoms with Gasteiger partial charge in [-0.25, -0.2) is 4.79 Å². The van der Waals surface area contributed by atoms with Crippen LogP contribution in [0.3, 0.4) is 0 Å². The zero-order valence-electron chi connectivity index (χ0n) is 6.47. The van der Waals surface area contributed by atoms with Gasteiger partial charge in [0.2, 0.25) is 0 Å². The van der Waals surface area contributed by atoms with Gasteiger partial charge in [-0.15, -0.1) is 0 Å². The van der Waals surface area contributed by atoms with E-state index in [1.165, 1.54) is 7.11 Å². The number of carbonyl (C=O) groups is 1. The van der Waals surface area contributed by atoms with E-state index in [1.54, 1.807) is 13.0 Å². The van der Waals surface area contributed by atoms with Gasteiger partial charge in [-0.05, 0) is 13.0 Å². The molecule has 1 heterocycles. The lowest BCUT2D eigenvalue weighted by Gasteiger charge is -1.92. The van der Waals surface area contributed by atoms with Crippen molar-refractivity contribution >= 4 is 11.7 Å². The van der Waals surface area contributed by atoms with Gasteiger partial charge in [-0.1, -0.05) is 0 Å². The third-order valence-corrected chi connectivity index (χ3v) is 1.46. The smallest absolute Gasteiger partial charge is 0.354 e. The lowest BCUT2D eigenvalue weighted by molar-refractivity contribution is 0.0594. The summed E-state index contributed by atoms with van der Waals surface area (Å²) in [7, 11) is 1.33. The van der Waals surface area contributed by atoms with Gasteiger partial charge < -0.3 is 15.5 Å². The van der Waals surface area contributed by atoms with Crippen molar-refractivity contribution in [2.24, 2.45) is 0 Å². The molecule has 0 aliphatic carbocycles. The second-order valence-corrected chi connectivity index (χ2v) is 2.25. The molecule has 1 aromatic rings. The van der Waals surface area contributed by atoms with Crippen molar-refractivity contribution < 1.29 is 9.53 Å². The molecule has 0 spiro atoms. The minimum atomic E-state index is -0.398. The summed E-state index contributed by atoms with van der Waals surface area (Å²) >= 11 is 0. The Morgan fingerprint density at radius 3 is 2.73 bits per heavy atom. The number of methoxy groups -OCH3 is 1. The number of rotatable bonds is 1. The van der Waals surface area contributed by atoms with E-state index in [4.69, 9.17) is 5.73 Å². The third-order valence-electron chi connectivity index (χ3n) is 1.46. The molecule has 0 aliphatic rings. The molecule has 0 atom stereocenters. The first-order valence-electron chi connectivity index (χ1n) is 3.18. The number of hydrogen-bond donors (Lipinski definition) is 2. The van der Waals surface area contributed by atoms with Crippen molar-refractivity contribution in [1.82, 2.24) is 4.98 Å². The Morgan fingerprint density at radius 1 is 1.73 bits per heavy atom. The van der Waals surface area contributed by atoms with E-state index in [-0.39, 0.29) is 0 Å². The molecule has 0 fully saturated rings. The molecule has 0 unspecified atom stereocenters. The SMILES string of the molecule is COC(=O)c1cc(N)c(C)[nH]1. The Kier molecular flexibility index (Phi) is 1.85. The molecule has 0 aromatic carbocycles. The molecule has 0 bridgehead atoms. The van der Waals surface area contributed by atoms with E-state index < -0.39 is 5.97 Å². The number of aromatic amines is 1. The highest BCUT2D eigenvalue weighted by atomic mass is 16.5. The lowest BCUT2D eigenvalue weighted by atomic mass is 10.4. The van der Waals surface area contributed by atoms with E-state index in [0.29, 0.717) is 11.4 Å². The monoisotopic (exact) mass is 154 g/mol. The van der Waals surface area contributed by atoms with Crippen LogP contribution in [0.15, 0.2) is 6.07 Å². The summed E-state index contributed by atoms with van der Waals surface area (Å²) in [6.45, 7) is 1.79. The van der Waals surface area contributed by atoms with E-state index >= 15 is 0 Å². The molecule has 0 amide bonds. The van der Waals surface area contributed by atoms with Crippen molar-refractivity contribution in [2.75, 3.05) is 12.8 Å². The summed E-state index contributed by atoms with van der Waals surface area (Å²) in [6, 6.07) is 1.56. The fraction of sp³-hybridized carbons (Fsp3) is 0.286. The molecule has 1 rings (SSSR count). The zero-order chi connectivity index (χ0) is 8.43. The van der Waals surface area contributed by atoms with Gasteiger partial charge in [0.25, 0.3) is 0 Å². The number of nitrogen functional groups attached to an aromatic ring is 1. The molecule has 4 nitrogen and oxygen atoms in total. The maximum Gasteiger partial charge on any atom is 0.354 e. The Hall–Kier alpha value is -1.45. The summed E-state index contributed by atoms with van der Waals surface area (Å²) < 4.78 is 4.48. The van der Waals surface area contributed by atoms with Crippen LogP contribution in [-0.2, 0) is 4.74 Å². The van der Waals surface area contributed by atoms with Crippen molar-refractivity contribution in [2.45, 2.75) is 6.92 Å². The van der Waals surface area contributed by atoms with E-state index in [2.05, 4.69) is 9.72 Å². The Morgan fingerprint density at radius 2 is 2.36 bits per heavy atom. The maximum absolute atomic E-state index is 10.9. The predicted octanol–water partition coefficient (Wildman–Crippen LogP) is 0.692. The van der Waals surface area contributed by atoms with Crippen LogP contribution < -0.4 is 5.73 Å². The number of esters is 1. The standard InChI is InChI=1S/C7H10N2O2/c1-4-5(8)3-6(9-4)7(10)11-2/h3,9H,8H2,1-2H3. The highest BCUT2D eigenvalue weighted by molar-refractivity contribution is 5.88. The van der Waals surface area contributed by atoms with Crippen LogP contribution in [0.25, 0.3) is 0 Å². The van der Waals surface area contributed by atoms with Gasteiger partial charge >= 0.3 is 5.97 Å². The average molecular weight is 154 g/mol. The number of aromatic nitrogens is 1. The fourth-order valence-corrected chi connectivity index (χ4v) is 0.794. The van der Waals surface area contributed by atoms with Crippen LogP contribution in [0, 0.1) is 6.92 Å². The summed E-state index contributed by atoms with van der Waals surface area (Å²) in [5, 5.41) is 0. The van der Waals surface area contributed by atoms with Crippen LogP contribution >= 0.6 is 0 Å². The minimum absolute atomic E-state index is 0.391. The van der Waals surface area contributed by atoms with Crippen molar-refractivity contribution in [3.05, 3.63) is 17.5 Å². The first kappa shape index (κ1) is 7.65. The number of aryl methyl sites for hydroxylation is 1. The molecule has 4 heteroatoms. The summed E-state index contributed by atoms with van der Waals surface area (Å²) in [6.07, 6.45) is 0. The van der Waals surface area contributed by atoms with Crippen LogP contribution in [0.4, 0.5) is 5.69 Å².